The van der Waals surface area contributed by atoms with Crippen molar-refractivity contribution in [2.24, 2.45) is 0 Å². The minimum Gasteiger partial charge on any atom is -0.356 e. The number of carbonyl (C=O) groups is 2. The van der Waals surface area contributed by atoms with Gasteiger partial charge in [0, 0.05) is 30.7 Å². The van der Waals surface area contributed by atoms with Crippen LogP contribution in [0.15, 0.2) is 6.08 Å². The van der Waals surface area contributed by atoms with Gasteiger partial charge in [0.25, 0.3) is 0 Å². The predicted molar refractivity (Wildman–Crippen MR) is 76.1 cm³/mol. The van der Waals surface area contributed by atoms with Gasteiger partial charge in [-0.25, -0.2) is 4.98 Å². The highest BCUT2D eigenvalue weighted by Crippen LogP contribution is 2.24. The van der Waals surface area contributed by atoms with Crippen LogP contribution in [0.5, 0.6) is 0 Å². The second-order valence-corrected chi connectivity index (χ2v) is 5.76. The maximum atomic E-state index is 11.4. The van der Waals surface area contributed by atoms with Crippen molar-refractivity contribution in [1.82, 2.24) is 10.3 Å². The van der Waals surface area contributed by atoms with Crippen molar-refractivity contribution < 1.29 is 9.59 Å². The molecule has 1 heterocycles. The molecule has 1 aromatic heterocycles. The lowest BCUT2D eigenvalue weighted by molar-refractivity contribution is -0.121. The maximum absolute atomic E-state index is 11.4. The molecule has 1 N–H and O–H groups in total. The third kappa shape index (κ3) is 3.99. The Kier molecular flexibility index (Phi) is 4.85. The van der Waals surface area contributed by atoms with Crippen molar-refractivity contribution in [1.29, 1.82) is 0 Å². The van der Waals surface area contributed by atoms with E-state index in [1.165, 1.54) is 0 Å². The molecule has 0 saturated carbocycles. The van der Waals surface area contributed by atoms with E-state index in [9.17, 15) is 9.59 Å². The fourth-order valence-electron chi connectivity index (χ4n) is 1.90. The molecule has 0 aliphatic heterocycles. The molecule has 0 saturated heterocycles. The van der Waals surface area contributed by atoms with E-state index in [1.54, 1.807) is 23.5 Å². The maximum Gasteiger partial charge on any atom is 0.220 e. The molecule has 5 heteroatoms. The van der Waals surface area contributed by atoms with Crippen molar-refractivity contribution >= 4 is 29.1 Å². The van der Waals surface area contributed by atoms with Crippen molar-refractivity contribution in [3.05, 3.63) is 21.7 Å². The number of amides is 1. The summed E-state index contributed by atoms with van der Waals surface area (Å²) in [6.45, 7) is 2.69. The number of rotatable bonds is 6. The van der Waals surface area contributed by atoms with Crippen LogP contribution in [0.25, 0.3) is 6.08 Å². The smallest absolute Gasteiger partial charge is 0.220 e. The van der Waals surface area contributed by atoms with Gasteiger partial charge < -0.3 is 5.32 Å². The fraction of sp³-hybridized carbons (Fsp3) is 0.500. The molecule has 2 rings (SSSR count). The zero-order chi connectivity index (χ0) is 13.7. The van der Waals surface area contributed by atoms with Gasteiger partial charge in [0.05, 0.1) is 10.7 Å². The number of allylic oxidation sites excluding steroid dienone is 1. The van der Waals surface area contributed by atoms with Crippen molar-refractivity contribution in [3.8, 4) is 0 Å². The summed E-state index contributed by atoms with van der Waals surface area (Å²) in [5.41, 5.74) is 0.914. The average molecular weight is 278 g/mol. The highest BCUT2D eigenvalue weighted by Gasteiger charge is 2.15. The van der Waals surface area contributed by atoms with E-state index in [0.29, 0.717) is 19.4 Å². The molecule has 102 valence electrons. The molecule has 4 nitrogen and oxygen atoms in total. The van der Waals surface area contributed by atoms with Crippen molar-refractivity contribution in [2.75, 3.05) is 6.54 Å². The third-order valence-electron chi connectivity index (χ3n) is 2.95. The second-order valence-electron chi connectivity index (χ2n) is 4.60. The quantitative estimate of drug-likeness (QED) is 0.867. The Morgan fingerprint density at radius 2 is 2.32 bits per heavy atom. The lowest BCUT2D eigenvalue weighted by Gasteiger charge is -2.02. The fourth-order valence-corrected chi connectivity index (χ4v) is 2.97. The Bertz CT molecular complexity index is 506. The molecule has 1 amide bonds. The molecular formula is C14H18N2O2S. The number of nitrogens with zero attached hydrogens (tertiary/aromatic N) is 1. The number of hydrogen-bond donors (Lipinski definition) is 1. The lowest BCUT2D eigenvalue weighted by atomic mass is 10.1. The topological polar surface area (TPSA) is 59.1 Å². The van der Waals surface area contributed by atoms with Crippen molar-refractivity contribution in [3.63, 3.8) is 0 Å². The SMILES string of the molecule is CCCCC(=O)NCCc1nc2c(s1)CC(=O)C=C2. The molecule has 1 aromatic rings. The normalized spacial score (nSPS) is 13.4. The van der Waals surface area contributed by atoms with E-state index < -0.39 is 0 Å². The van der Waals surface area contributed by atoms with E-state index in [0.717, 1.165) is 34.8 Å². The lowest BCUT2D eigenvalue weighted by Crippen LogP contribution is -2.25. The molecule has 0 radical (unpaired) electrons. The van der Waals surface area contributed by atoms with E-state index in [2.05, 4.69) is 17.2 Å². The molecular weight excluding hydrogens is 260 g/mol. The number of carbonyl (C=O) groups excluding carboxylic acids is 2. The van der Waals surface area contributed by atoms with Gasteiger partial charge in [0.1, 0.15) is 0 Å². The standard InChI is InChI=1S/C14H18N2O2S/c1-2-3-4-13(18)15-8-7-14-16-11-6-5-10(17)9-12(11)19-14/h5-6H,2-4,7-9H2,1H3,(H,15,18). The molecule has 0 fully saturated rings. The summed E-state index contributed by atoms with van der Waals surface area (Å²) >= 11 is 1.57. The zero-order valence-corrected chi connectivity index (χ0v) is 11.9. The highest BCUT2D eigenvalue weighted by molar-refractivity contribution is 7.12. The molecule has 1 aliphatic carbocycles. The van der Waals surface area contributed by atoms with Gasteiger partial charge in [-0.1, -0.05) is 13.3 Å². The van der Waals surface area contributed by atoms with Gasteiger partial charge in [-0.2, -0.15) is 0 Å². The summed E-state index contributed by atoms with van der Waals surface area (Å²) in [7, 11) is 0. The first kappa shape index (κ1) is 13.9. The molecule has 0 spiro atoms. The number of unbranched alkanes of at least 4 members (excludes halogenated alkanes) is 1. The molecule has 0 unspecified atom stereocenters. The minimum atomic E-state index is 0.109. The van der Waals surface area contributed by atoms with E-state index in [4.69, 9.17) is 0 Å². The van der Waals surface area contributed by atoms with Crippen LogP contribution in [0.4, 0.5) is 0 Å². The van der Waals surface area contributed by atoms with E-state index >= 15 is 0 Å². The summed E-state index contributed by atoms with van der Waals surface area (Å²) in [5, 5.41) is 3.88. The van der Waals surface area contributed by atoms with Crippen LogP contribution in [0.2, 0.25) is 0 Å². The summed E-state index contributed by atoms with van der Waals surface area (Å²) < 4.78 is 0. The first-order chi connectivity index (χ1) is 9.19. The molecule has 0 aromatic carbocycles. The third-order valence-corrected chi connectivity index (χ3v) is 4.08. The van der Waals surface area contributed by atoms with Crippen molar-refractivity contribution in [2.45, 2.75) is 39.0 Å². The zero-order valence-electron chi connectivity index (χ0n) is 11.1. The number of hydrogen-bond acceptors (Lipinski definition) is 4. The number of ketones is 1. The van der Waals surface area contributed by atoms with Crippen LogP contribution in [0.3, 0.4) is 0 Å². The number of nitrogens with one attached hydrogen (secondary N) is 1. The Balaban J connectivity index is 1.80. The van der Waals surface area contributed by atoms with Gasteiger partial charge in [-0.3, -0.25) is 9.59 Å². The van der Waals surface area contributed by atoms with Crippen LogP contribution < -0.4 is 5.32 Å². The van der Waals surface area contributed by atoms with Crippen LogP contribution >= 0.6 is 11.3 Å². The molecule has 19 heavy (non-hydrogen) atoms. The van der Waals surface area contributed by atoms with Gasteiger partial charge in [-0.05, 0) is 18.6 Å². The summed E-state index contributed by atoms with van der Waals surface area (Å²) in [5.74, 6) is 0.244. The summed E-state index contributed by atoms with van der Waals surface area (Å²) in [6, 6.07) is 0. The summed E-state index contributed by atoms with van der Waals surface area (Å²) in [4.78, 5) is 28.2. The summed E-state index contributed by atoms with van der Waals surface area (Å²) in [6.07, 6.45) is 7.13. The van der Waals surface area contributed by atoms with Crippen LogP contribution in [0, 0.1) is 0 Å². The van der Waals surface area contributed by atoms with Gasteiger partial charge >= 0.3 is 0 Å². The second kappa shape index (κ2) is 6.61. The van der Waals surface area contributed by atoms with Crippen LogP contribution in [-0.4, -0.2) is 23.2 Å². The Labute approximate surface area is 116 Å². The highest BCUT2D eigenvalue weighted by atomic mass is 32.1. The monoisotopic (exact) mass is 278 g/mol. The minimum absolute atomic E-state index is 0.109. The van der Waals surface area contributed by atoms with E-state index in [1.807, 2.05) is 0 Å². The predicted octanol–water partition coefficient (Wildman–Crippen LogP) is 2.13. The number of aromatic nitrogens is 1. The Morgan fingerprint density at radius 3 is 3.11 bits per heavy atom. The average Bonchev–Trinajstić information content (AvgIpc) is 2.78. The number of thiazole rings is 1. The van der Waals surface area contributed by atoms with Gasteiger partial charge in [0.15, 0.2) is 5.78 Å². The first-order valence-electron chi connectivity index (χ1n) is 6.65. The molecule has 0 atom stereocenters. The number of fused-ring (bicyclic) bond motifs is 1. The molecule has 0 bridgehead atoms. The Morgan fingerprint density at radius 1 is 1.47 bits per heavy atom. The van der Waals surface area contributed by atoms with Gasteiger partial charge in [-0.15, -0.1) is 11.3 Å². The first-order valence-corrected chi connectivity index (χ1v) is 7.47. The van der Waals surface area contributed by atoms with E-state index in [-0.39, 0.29) is 11.7 Å². The van der Waals surface area contributed by atoms with Crippen LogP contribution in [-0.2, 0) is 22.4 Å². The molecule has 1 aliphatic rings. The Hall–Kier alpha value is -1.49. The van der Waals surface area contributed by atoms with Crippen LogP contribution in [0.1, 0.15) is 41.8 Å². The van der Waals surface area contributed by atoms with Gasteiger partial charge in [0.2, 0.25) is 5.91 Å². The largest absolute Gasteiger partial charge is 0.356 e.